The largest absolute Gasteiger partial charge is 0.379 e. The molecule has 32 heavy (non-hydrogen) atoms. The number of nitrogens with zero attached hydrogens (tertiary/aromatic N) is 1. The van der Waals surface area contributed by atoms with E-state index >= 15 is 0 Å². The number of ether oxygens (including phenoxy) is 1. The average Bonchev–Trinajstić information content (AvgIpc) is 3.59. The van der Waals surface area contributed by atoms with Crippen LogP contribution >= 0.6 is 0 Å². The summed E-state index contributed by atoms with van der Waals surface area (Å²) in [4.78, 5) is 15.4. The Morgan fingerprint density at radius 2 is 1.72 bits per heavy atom. The third-order valence-corrected chi connectivity index (χ3v) is 7.86. The molecule has 1 aliphatic heterocycles. The lowest BCUT2D eigenvalue weighted by atomic mass is 9.95. The van der Waals surface area contributed by atoms with Crippen LogP contribution in [0.1, 0.15) is 29.5 Å². The number of hydrogen-bond acceptors (Lipinski definition) is 5. The molecule has 1 heterocycles. The van der Waals surface area contributed by atoms with Crippen molar-refractivity contribution in [1.82, 2.24) is 10.2 Å². The number of anilines is 1. The van der Waals surface area contributed by atoms with E-state index in [1.165, 1.54) is 0 Å². The third kappa shape index (κ3) is 4.98. The van der Waals surface area contributed by atoms with Crippen molar-refractivity contribution < 1.29 is 17.9 Å². The van der Waals surface area contributed by atoms with E-state index < -0.39 is 15.4 Å². The van der Waals surface area contributed by atoms with E-state index in [1.807, 2.05) is 32.0 Å². The fraction of sp³-hybridized carbons (Fsp3) is 0.458. The molecule has 0 aromatic heterocycles. The monoisotopic (exact) mass is 457 g/mol. The first-order valence-electron chi connectivity index (χ1n) is 11.1. The van der Waals surface area contributed by atoms with Crippen LogP contribution in [-0.2, 0) is 25.0 Å². The summed E-state index contributed by atoms with van der Waals surface area (Å²) in [5.41, 5.74) is 2.90. The lowest BCUT2D eigenvalue weighted by molar-refractivity contribution is -0.123. The maximum Gasteiger partial charge on any atom is 0.261 e. The zero-order valence-corrected chi connectivity index (χ0v) is 19.5. The maximum absolute atomic E-state index is 12.9. The molecule has 2 aromatic carbocycles. The average molecular weight is 458 g/mol. The van der Waals surface area contributed by atoms with Crippen LogP contribution in [0.2, 0.25) is 0 Å². The minimum atomic E-state index is -3.67. The van der Waals surface area contributed by atoms with E-state index in [4.69, 9.17) is 4.74 Å². The van der Waals surface area contributed by atoms with Gasteiger partial charge in [0.15, 0.2) is 0 Å². The molecule has 1 saturated carbocycles. The SMILES string of the molecule is Cc1ccc(S(=O)(=O)Nc2ccc(C3(C(=O)NCCN4CCOCC4)CC3)cc2)cc1C. The Hall–Kier alpha value is -2.42. The molecule has 1 saturated heterocycles. The molecule has 2 fully saturated rings. The molecule has 0 spiro atoms. The highest BCUT2D eigenvalue weighted by atomic mass is 32.2. The zero-order valence-electron chi connectivity index (χ0n) is 18.7. The molecule has 0 radical (unpaired) electrons. The van der Waals surface area contributed by atoms with Crippen molar-refractivity contribution in [1.29, 1.82) is 0 Å². The molecule has 0 atom stereocenters. The number of aryl methyl sites for hydroxylation is 2. The molecule has 1 aliphatic carbocycles. The molecule has 172 valence electrons. The zero-order chi connectivity index (χ0) is 22.8. The van der Waals surface area contributed by atoms with Crippen LogP contribution in [0.15, 0.2) is 47.4 Å². The van der Waals surface area contributed by atoms with Gasteiger partial charge in [-0.3, -0.25) is 14.4 Å². The summed E-state index contributed by atoms with van der Waals surface area (Å²) in [6.45, 7) is 8.59. The van der Waals surface area contributed by atoms with Crippen molar-refractivity contribution >= 4 is 21.6 Å². The normalized spacial score (nSPS) is 18.2. The number of sulfonamides is 1. The van der Waals surface area contributed by atoms with Crippen LogP contribution in [0.5, 0.6) is 0 Å². The smallest absolute Gasteiger partial charge is 0.261 e. The van der Waals surface area contributed by atoms with Gasteiger partial charge in [-0.1, -0.05) is 18.2 Å². The Balaban J connectivity index is 1.37. The van der Waals surface area contributed by atoms with E-state index in [0.29, 0.717) is 12.2 Å². The van der Waals surface area contributed by atoms with Gasteiger partial charge < -0.3 is 10.1 Å². The highest BCUT2D eigenvalue weighted by Gasteiger charge is 2.51. The van der Waals surface area contributed by atoms with E-state index in [1.54, 1.807) is 24.3 Å². The standard InChI is InChI=1S/C24H31N3O4S/c1-18-3-8-22(17-19(18)2)32(29,30)26-21-6-4-20(5-7-21)24(9-10-24)23(28)25-11-12-27-13-15-31-16-14-27/h3-8,17,26H,9-16H2,1-2H3,(H,25,28). The molecule has 8 heteroatoms. The number of amides is 1. The molecular formula is C24H31N3O4S. The Kier molecular flexibility index (Phi) is 6.55. The van der Waals surface area contributed by atoms with E-state index in [9.17, 15) is 13.2 Å². The molecule has 2 aromatic rings. The van der Waals surface area contributed by atoms with Crippen LogP contribution in [0.3, 0.4) is 0 Å². The van der Waals surface area contributed by atoms with Gasteiger partial charge in [0, 0.05) is 31.9 Å². The number of benzene rings is 2. The Bertz CT molecular complexity index is 1070. The summed E-state index contributed by atoms with van der Waals surface area (Å²) in [6.07, 6.45) is 1.62. The predicted octanol–water partition coefficient (Wildman–Crippen LogP) is 2.58. The second-order valence-corrected chi connectivity index (χ2v) is 10.4. The predicted molar refractivity (Wildman–Crippen MR) is 124 cm³/mol. The van der Waals surface area contributed by atoms with Crippen molar-refractivity contribution in [2.75, 3.05) is 44.1 Å². The van der Waals surface area contributed by atoms with Crippen molar-refractivity contribution in [2.24, 2.45) is 0 Å². The first-order valence-corrected chi connectivity index (χ1v) is 12.6. The van der Waals surface area contributed by atoms with Gasteiger partial charge in [-0.25, -0.2) is 8.42 Å². The number of carbonyl (C=O) groups excluding carboxylic acids is 1. The molecule has 2 aliphatic rings. The molecule has 2 N–H and O–H groups in total. The number of rotatable bonds is 8. The second-order valence-electron chi connectivity index (χ2n) is 8.72. The quantitative estimate of drug-likeness (QED) is 0.636. The van der Waals surface area contributed by atoms with Gasteiger partial charge in [0.2, 0.25) is 5.91 Å². The number of hydrogen-bond donors (Lipinski definition) is 2. The Morgan fingerprint density at radius 3 is 2.34 bits per heavy atom. The number of carbonyl (C=O) groups is 1. The summed E-state index contributed by atoms with van der Waals surface area (Å²) in [7, 11) is -3.67. The summed E-state index contributed by atoms with van der Waals surface area (Å²) in [6, 6.07) is 12.3. The molecule has 0 bridgehead atoms. The van der Waals surface area contributed by atoms with Crippen LogP contribution in [0, 0.1) is 13.8 Å². The third-order valence-electron chi connectivity index (χ3n) is 6.48. The van der Waals surface area contributed by atoms with Gasteiger partial charge in [0.05, 0.1) is 23.5 Å². The first kappa shape index (κ1) is 22.8. The topological polar surface area (TPSA) is 87.7 Å². The first-order chi connectivity index (χ1) is 15.3. The van der Waals surface area contributed by atoms with Gasteiger partial charge in [-0.05, 0) is 67.6 Å². The van der Waals surface area contributed by atoms with Crippen LogP contribution in [-0.4, -0.2) is 58.6 Å². The lowest BCUT2D eigenvalue weighted by Crippen LogP contribution is -2.43. The van der Waals surface area contributed by atoms with Crippen LogP contribution < -0.4 is 10.0 Å². The fourth-order valence-corrected chi connectivity index (χ4v) is 5.19. The molecule has 4 rings (SSSR count). The van der Waals surface area contributed by atoms with Gasteiger partial charge >= 0.3 is 0 Å². The fourth-order valence-electron chi connectivity index (χ4n) is 4.05. The Morgan fingerprint density at radius 1 is 1.03 bits per heavy atom. The minimum Gasteiger partial charge on any atom is -0.379 e. The minimum absolute atomic E-state index is 0.0502. The number of nitrogens with one attached hydrogen (secondary N) is 2. The van der Waals surface area contributed by atoms with E-state index in [2.05, 4.69) is 14.9 Å². The van der Waals surface area contributed by atoms with Gasteiger partial charge in [0.1, 0.15) is 0 Å². The molecular weight excluding hydrogens is 426 g/mol. The maximum atomic E-state index is 12.9. The Labute approximate surface area is 190 Å². The van der Waals surface area contributed by atoms with Crippen molar-refractivity contribution in [3.63, 3.8) is 0 Å². The molecule has 0 unspecified atom stereocenters. The van der Waals surface area contributed by atoms with E-state index in [-0.39, 0.29) is 10.8 Å². The summed E-state index contributed by atoms with van der Waals surface area (Å²) >= 11 is 0. The van der Waals surface area contributed by atoms with Crippen molar-refractivity contribution in [2.45, 2.75) is 37.0 Å². The number of morpholine rings is 1. The summed E-state index contributed by atoms with van der Waals surface area (Å²) in [5, 5.41) is 3.08. The molecule has 7 nitrogen and oxygen atoms in total. The van der Waals surface area contributed by atoms with Gasteiger partial charge in [-0.2, -0.15) is 0 Å². The van der Waals surface area contributed by atoms with Crippen molar-refractivity contribution in [3.05, 3.63) is 59.2 Å². The van der Waals surface area contributed by atoms with Gasteiger partial charge in [0.25, 0.3) is 10.0 Å². The van der Waals surface area contributed by atoms with Crippen LogP contribution in [0.25, 0.3) is 0 Å². The van der Waals surface area contributed by atoms with Gasteiger partial charge in [-0.15, -0.1) is 0 Å². The highest BCUT2D eigenvalue weighted by molar-refractivity contribution is 7.92. The van der Waals surface area contributed by atoms with E-state index in [0.717, 1.165) is 62.4 Å². The summed E-state index contributed by atoms with van der Waals surface area (Å²) < 4.78 is 33.4. The van der Waals surface area contributed by atoms with Crippen molar-refractivity contribution in [3.8, 4) is 0 Å². The van der Waals surface area contributed by atoms with Crippen LogP contribution in [0.4, 0.5) is 5.69 Å². The molecule has 1 amide bonds. The highest BCUT2D eigenvalue weighted by Crippen LogP contribution is 2.48. The second kappa shape index (κ2) is 9.21. The summed E-state index contributed by atoms with van der Waals surface area (Å²) in [5.74, 6) is 0.0502. The lowest BCUT2D eigenvalue weighted by Gasteiger charge is -2.27.